The molecule has 1 aliphatic carbocycles. The van der Waals surface area contributed by atoms with Gasteiger partial charge >= 0.3 is 0 Å². The van der Waals surface area contributed by atoms with E-state index in [9.17, 15) is 0 Å². The number of rotatable bonds is 3. The monoisotopic (exact) mass is 311 g/mol. The van der Waals surface area contributed by atoms with Crippen molar-refractivity contribution in [1.29, 1.82) is 0 Å². The number of benzene rings is 1. The zero-order valence-electron chi connectivity index (χ0n) is 11.3. The first-order valence-corrected chi connectivity index (χ1v) is 7.15. The smallest absolute Gasteiger partial charge is 0.182 e. The van der Waals surface area contributed by atoms with Gasteiger partial charge in [-0.2, -0.15) is 0 Å². The number of halogens is 2. The molecule has 1 aromatic heterocycles. The summed E-state index contributed by atoms with van der Waals surface area (Å²) in [6.45, 7) is 5.30. The van der Waals surface area contributed by atoms with Gasteiger partial charge in [0, 0.05) is 12.1 Å². The maximum atomic E-state index is 6.06. The molecule has 2 N–H and O–H groups in total. The number of tetrazole rings is 1. The molecule has 1 aromatic carbocycles. The van der Waals surface area contributed by atoms with Crippen LogP contribution in [0.3, 0.4) is 0 Å². The third-order valence-electron chi connectivity index (χ3n) is 3.96. The van der Waals surface area contributed by atoms with Gasteiger partial charge in [-0.1, -0.05) is 37.0 Å². The summed E-state index contributed by atoms with van der Waals surface area (Å²) in [4.78, 5) is 0. The van der Waals surface area contributed by atoms with Crippen LogP contribution in [0.4, 0.5) is 5.69 Å². The van der Waals surface area contributed by atoms with Crippen molar-refractivity contribution in [3.63, 3.8) is 0 Å². The molecule has 1 unspecified atom stereocenters. The predicted octanol–water partition coefficient (Wildman–Crippen LogP) is 3.28. The summed E-state index contributed by atoms with van der Waals surface area (Å²) in [5, 5.41) is 12.6. The van der Waals surface area contributed by atoms with Crippen molar-refractivity contribution in [3.8, 4) is 11.4 Å². The van der Waals surface area contributed by atoms with Gasteiger partial charge in [-0.25, -0.2) is 4.68 Å². The van der Waals surface area contributed by atoms with Gasteiger partial charge in [0.15, 0.2) is 5.82 Å². The highest BCUT2D eigenvalue weighted by atomic mass is 35.5. The molecular weight excluding hydrogens is 297 g/mol. The fourth-order valence-corrected chi connectivity index (χ4v) is 2.71. The maximum Gasteiger partial charge on any atom is 0.182 e. The second kappa shape index (κ2) is 4.60. The van der Waals surface area contributed by atoms with Crippen LogP contribution in [0.15, 0.2) is 12.1 Å². The van der Waals surface area contributed by atoms with Crippen LogP contribution >= 0.6 is 23.2 Å². The molecule has 1 saturated carbocycles. The van der Waals surface area contributed by atoms with Crippen LogP contribution in [0.5, 0.6) is 0 Å². The molecule has 1 atom stereocenters. The molecule has 0 saturated heterocycles. The summed E-state index contributed by atoms with van der Waals surface area (Å²) >= 11 is 12.0. The van der Waals surface area contributed by atoms with Gasteiger partial charge < -0.3 is 5.73 Å². The van der Waals surface area contributed by atoms with Crippen LogP contribution in [0.2, 0.25) is 10.0 Å². The molecule has 0 bridgehead atoms. The van der Waals surface area contributed by atoms with Gasteiger partial charge in [-0.15, -0.1) is 5.10 Å². The minimum absolute atomic E-state index is 0.359. The first-order valence-electron chi connectivity index (χ1n) is 6.39. The van der Waals surface area contributed by atoms with Crippen LogP contribution < -0.4 is 5.73 Å². The van der Waals surface area contributed by atoms with Crippen LogP contribution in [0.1, 0.15) is 20.3 Å². The number of anilines is 1. The Kier molecular flexibility index (Phi) is 3.14. The SMILES string of the molecule is CC1(C)CC1Cn1nnnc1-c1cc(N)c(Cl)c(Cl)c1. The molecule has 3 rings (SSSR count). The Morgan fingerprint density at radius 2 is 2.10 bits per heavy atom. The zero-order chi connectivity index (χ0) is 14.5. The second-order valence-electron chi connectivity index (χ2n) is 5.94. The van der Waals surface area contributed by atoms with Gasteiger partial charge in [-0.3, -0.25) is 0 Å². The fraction of sp³-hybridized carbons (Fsp3) is 0.462. The summed E-state index contributed by atoms with van der Waals surface area (Å²) in [5.41, 5.74) is 7.42. The highest BCUT2D eigenvalue weighted by molar-refractivity contribution is 6.43. The van der Waals surface area contributed by atoms with E-state index in [1.807, 2.05) is 0 Å². The van der Waals surface area contributed by atoms with Crippen molar-refractivity contribution in [2.75, 3.05) is 5.73 Å². The van der Waals surface area contributed by atoms with Crippen molar-refractivity contribution in [1.82, 2.24) is 20.2 Å². The van der Waals surface area contributed by atoms with Crippen molar-refractivity contribution in [2.24, 2.45) is 11.3 Å². The Hall–Kier alpha value is -1.33. The first-order chi connectivity index (χ1) is 9.38. The molecule has 0 spiro atoms. The number of nitrogens with zero attached hydrogens (tertiary/aromatic N) is 4. The highest BCUT2D eigenvalue weighted by Gasteiger charge is 2.46. The van der Waals surface area contributed by atoms with E-state index in [4.69, 9.17) is 28.9 Å². The largest absolute Gasteiger partial charge is 0.397 e. The molecule has 0 amide bonds. The number of aromatic nitrogens is 4. The topological polar surface area (TPSA) is 69.6 Å². The van der Waals surface area contributed by atoms with Crippen LogP contribution in [-0.4, -0.2) is 20.2 Å². The van der Waals surface area contributed by atoms with E-state index in [-0.39, 0.29) is 0 Å². The predicted molar refractivity (Wildman–Crippen MR) is 79.6 cm³/mol. The van der Waals surface area contributed by atoms with Gasteiger partial charge in [0.25, 0.3) is 0 Å². The maximum absolute atomic E-state index is 6.06. The summed E-state index contributed by atoms with van der Waals surface area (Å²) < 4.78 is 1.80. The third kappa shape index (κ3) is 2.36. The number of nitrogens with two attached hydrogens (primary N) is 1. The van der Waals surface area contributed by atoms with E-state index >= 15 is 0 Å². The van der Waals surface area contributed by atoms with E-state index in [2.05, 4.69) is 29.4 Å². The highest BCUT2D eigenvalue weighted by Crippen LogP contribution is 2.52. The van der Waals surface area contributed by atoms with Gasteiger partial charge in [0.1, 0.15) is 0 Å². The van der Waals surface area contributed by atoms with E-state index in [1.54, 1.807) is 16.8 Å². The molecule has 2 aromatic rings. The van der Waals surface area contributed by atoms with Gasteiger partial charge in [-0.05, 0) is 40.3 Å². The lowest BCUT2D eigenvalue weighted by Gasteiger charge is -2.08. The number of hydrogen-bond acceptors (Lipinski definition) is 4. The van der Waals surface area contributed by atoms with Gasteiger partial charge in [0.2, 0.25) is 0 Å². The molecule has 20 heavy (non-hydrogen) atoms. The van der Waals surface area contributed by atoms with Crippen molar-refractivity contribution in [3.05, 3.63) is 22.2 Å². The quantitative estimate of drug-likeness (QED) is 0.883. The zero-order valence-corrected chi connectivity index (χ0v) is 12.8. The Bertz CT molecular complexity index is 642. The molecule has 1 fully saturated rings. The molecule has 0 aliphatic heterocycles. The van der Waals surface area contributed by atoms with E-state index in [0.29, 0.717) is 32.9 Å². The normalized spacial score (nSPS) is 20.1. The van der Waals surface area contributed by atoms with E-state index in [0.717, 1.165) is 12.1 Å². The van der Waals surface area contributed by atoms with Crippen molar-refractivity contribution >= 4 is 28.9 Å². The molecule has 106 valence electrons. The van der Waals surface area contributed by atoms with Crippen molar-refractivity contribution < 1.29 is 0 Å². The summed E-state index contributed by atoms with van der Waals surface area (Å²) in [6, 6.07) is 3.48. The lowest BCUT2D eigenvalue weighted by molar-refractivity contribution is 0.467. The minimum atomic E-state index is 0.359. The Morgan fingerprint density at radius 1 is 1.40 bits per heavy atom. The van der Waals surface area contributed by atoms with E-state index < -0.39 is 0 Å². The molecule has 5 nitrogen and oxygen atoms in total. The van der Waals surface area contributed by atoms with Crippen LogP contribution in [-0.2, 0) is 6.54 Å². The van der Waals surface area contributed by atoms with E-state index in [1.165, 1.54) is 6.42 Å². The Labute approximate surface area is 127 Å². The molecule has 0 radical (unpaired) electrons. The van der Waals surface area contributed by atoms with Gasteiger partial charge in [0.05, 0.1) is 15.7 Å². The number of hydrogen-bond donors (Lipinski definition) is 1. The second-order valence-corrected chi connectivity index (χ2v) is 6.72. The lowest BCUT2D eigenvalue weighted by atomic mass is 10.1. The summed E-state index contributed by atoms with van der Waals surface area (Å²) in [5.74, 6) is 1.27. The lowest BCUT2D eigenvalue weighted by Crippen LogP contribution is -2.07. The third-order valence-corrected chi connectivity index (χ3v) is 4.77. The van der Waals surface area contributed by atoms with Crippen LogP contribution in [0, 0.1) is 11.3 Å². The minimum Gasteiger partial charge on any atom is -0.397 e. The molecule has 1 aliphatic rings. The molecular formula is C13H15Cl2N5. The molecule has 1 heterocycles. The summed E-state index contributed by atoms with van der Waals surface area (Å²) in [6.07, 6.45) is 1.19. The standard InChI is InChI=1S/C13H15Cl2N5/c1-13(2)5-8(13)6-20-12(17-18-19-20)7-3-9(14)11(15)10(16)4-7/h3-4,8H,5-6,16H2,1-2H3. The summed E-state index contributed by atoms with van der Waals surface area (Å²) in [7, 11) is 0. The fourth-order valence-electron chi connectivity index (χ4n) is 2.37. The Morgan fingerprint density at radius 3 is 2.70 bits per heavy atom. The average molecular weight is 312 g/mol. The number of nitrogen functional groups attached to an aromatic ring is 1. The van der Waals surface area contributed by atoms with Crippen LogP contribution in [0.25, 0.3) is 11.4 Å². The van der Waals surface area contributed by atoms with Crippen molar-refractivity contribution in [2.45, 2.75) is 26.8 Å². The molecule has 7 heteroatoms. The Balaban J connectivity index is 1.93. The average Bonchev–Trinajstić information content (AvgIpc) is 2.78. The first kappa shape index (κ1) is 13.6.